The molecule has 1 N–H and O–H groups in total. The zero-order valence-electron chi connectivity index (χ0n) is 11.3. The lowest BCUT2D eigenvalue weighted by atomic mass is 10.1. The Bertz CT molecular complexity index is 442. The van der Waals surface area contributed by atoms with Crippen molar-refractivity contribution in [3.63, 3.8) is 0 Å². The minimum atomic E-state index is -0.477. The van der Waals surface area contributed by atoms with Crippen molar-refractivity contribution in [3.8, 4) is 0 Å². The fourth-order valence-corrected chi connectivity index (χ4v) is 2.42. The van der Waals surface area contributed by atoms with Crippen LogP contribution in [0.5, 0.6) is 0 Å². The molecule has 1 saturated heterocycles. The summed E-state index contributed by atoms with van der Waals surface area (Å²) in [6.45, 7) is 1.50. The molecule has 2 rings (SSSR count). The predicted octanol–water partition coefficient (Wildman–Crippen LogP) is 2.67. The van der Waals surface area contributed by atoms with Crippen molar-refractivity contribution in [3.05, 3.63) is 23.6 Å². The summed E-state index contributed by atoms with van der Waals surface area (Å²) in [6, 6.07) is 1.26. The second-order valence-electron chi connectivity index (χ2n) is 4.86. The first-order chi connectivity index (χ1) is 9.22. The van der Waals surface area contributed by atoms with Gasteiger partial charge in [0.1, 0.15) is 11.6 Å². The first-order valence-corrected chi connectivity index (χ1v) is 6.85. The zero-order valence-corrected chi connectivity index (χ0v) is 11.3. The number of carbonyl (C=O) groups excluding carboxylic acids is 1. The Labute approximate surface area is 113 Å². The molecule has 1 aliphatic rings. The highest BCUT2D eigenvalue weighted by molar-refractivity contribution is 5.98. The van der Waals surface area contributed by atoms with E-state index in [1.54, 1.807) is 7.05 Å². The molecule has 0 radical (unpaired) electrons. The Morgan fingerprint density at radius 1 is 1.26 bits per heavy atom. The molecule has 0 spiro atoms. The predicted molar refractivity (Wildman–Crippen MR) is 72.7 cm³/mol. The molecule has 2 heterocycles. The van der Waals surface area contributed by atoms with Gasteiger partial charge in [-0.05, 0) is 18.9 Å². The van der Waals surface area contributed by atoms with Crippen molar-refractivity contribution in [2.75, 3.05) is 25.5 Å². The topological polar surface area (TPSA) is 45.2 Å². The number of rotatable bonds is 2. The molecule has 1 fully saturated rings. The van der Waals surface area contributed by atoms with Crippen molar-refractivity contribution in [1.29, 1.82) is 0 Å². The minimum absolute atomic E-state index is 0.127. The van der Waals surface area contributed by atoms with Crippen molar-refractivity contribution in [2.45, 2.75) is 32.1 Å². The summed E-state index contributed by atoms with van der Waals surface area (Å²) < 4.78 is 13.3. The summed E-state index contributed by atoms with van der Waals surface area (Å²) in [5.74, 6) is -0.166. The molecule has 0 saturated carbocycles. The van der Waals surface area contributed by atoms with Crippen LogP contribution in [0.3, 0.4) is 0 Å². The van der Waals surface area contributed by atoms with E-state index in [1.807, 2.05) is 4.90 Å². The van der Waals surface area contributed by atoms with Crippen LogP contribution >= 0.6 is 0 Å². The number of carbonyl (C=O) groups is 1. The van der Waals surface area contributed by atoms with Gasteiger partial charge in [0.25, 0.3) is 5.91 Å². The second-order valence-corrected chi connectivity index (χ2v) is 4.86. The molecule has 104 valence electrons. The largest absolute Gasteiger partial charge is 0.372 e. The van der Waals surface area contributed by atoms with E-state index in [2.05, 4.69) is 10.3 Å². The Hall–Kier alpha value is -1.65. The van der Waals surface area contributed by atoms with Crippen molar-refractivity contribution >= 4 is 11.7 Å². The van der Waals surface area contributed by atoms with Gasteiger partial charge in [-0.2, -0.15) is 0 Å². The molecule has 5 heteroatoms. The van der Waals surface area contributed by atoms with Gasteiger partial charge in [-0.25, -0.2) is 9.37 Å². The van der Waals surface area contributed by atoms with E-state index in [1.165, 1.54) is 12.5 Å². The normalized spacial score (nSPS) is 16.6. The van der Waals surface area contributed by atoms with Crippen molar-refractivity contribution in [1.82, 2.24) is 9.88 Å². The van der Waals surface area contributed by atoms with Gasteiger partial charge in [0, 0.05) is 20.1 Å². The van der Waals surface area contributed by atoms with Crippen molar-refractivity contribution in [2.24, 2.45) is 0 Å². The number of likely N-dealkylation sites (tertiary alicyclic amines) is 1. The molecular formula is C14H20FN3O. The van der Waals surface area contributed by atoms with Crippen LogP contribution in [-0.4, -0.2) is 35.9 Å². The van der Waals surface area contributed by atoms with Gasteiger partial charge >= 0.3 is 0 Å². The summed E-state index contributed by atoms with van der Waals surface area (Å²) in [5, 5.41) is 2.85. The molecule has 0 atom stereocenters. The first kappa shape index (κ1) is 13.8. The van der Waals surface area contributed by atoms with E-state index in [0.29, 0.717) is 11.4 Å². The van der Waals surface area contributed by atoms with Crippen LogP contribution in [-0.2, 0) is 0 Å². The van der Waals surface area contributed by atoms with Crippen LogP contribution in [0.25, 0.3) is 0 Å². The third-order valence-corrected chi connectivity index (χ3v) is 3.46. The van der Waals surface area contributed by atoms with Gasteiger partial charge in [-0.1, -0.05) is 19.3 Å². The second kappa shape index (κ2) is 6.50. The van der Waals surface area contributed by atoms with Gasteiger partial charge < -0.3 is 10.2 Å². The highest BCUT2D eigenvalue weighted by atomic mass is 19.1. The fraction of sp³-hybridized carbons (Fsp3) is 0.571. The number of halogens is 1. The minimum Gasteiger partial charge on any atom is -0.372 e. The number of amides is 1. The lowest BCUT2D eigenvalue weighted by Crippen LogP contribution is -2.34. The molecule has 0 bridgehead atoms. The SMILES string of the molecule is CNc1ncc(F)cc1C(=O)N1CCCCCCC1. The number of nitrogens with one attached hydrogen (secondary N) is 1. The molecule has 0 aromatic carbocycles. The molecule has 0 aliphatic carbocycles. The number of hydrogen-bond acceptors (Lipinski definition) is 3. The Kier molecular flexibility index (Phi) is 4.71. The zero-order chi connectivity index (χ0) is 13.7. The smallest absolute Gasteiger partial charge is 0.257 e. The van der Waals surface area contributed by atoms with Crippen LogP contribution in [0.4, 0.5) is 10.2 Å². The van der Waals surface area contributed by atoms with Gasteiger partial charge in [0.2, 0.25) is 0 Å². The third-order valence-electron chi connectivity index (χ3n) is 3.46. The Morgan fingerprint density at radius 3 is 2.53 bits per heavy atom. The molecule has 1 aromatic heterocycles. The summed E-state index contributed by atoms with van der Waals surface area (Å²) in [7, 11) is 1.69. The van der Waals surface area contributed by atoms with Gasteiger partial charge in [0.15, 0.2) is 0 Å². The summed E-state index contributed by atoms with van der Waals surface area (Å²) in [4.78, 5) is 18.2. The summed E-state index contributed by atoms with van der Waals surface area (Å²) in [6.07, 6.45) is 6.71. The number of anilines is 1. The van der Waals surface area contributed by atoms with Crippen LogP contribution in [0.15, 0.2) is 12.3 Å². The van der Waals surface area contributed by atoms with Gasteiger partial charge in [-0.3, -0.25) is 4.79 Å². The maximum atomic E-state index is 13.3. The van der Waals surface area contributed by atoms with Crippen molar-refractivity contribution < 1.29 is 9.18 Å². The van der Waals surface area contributed by atoms with Crippen LogP contribution < -0.4 is 5.32 Å². The average molecular weight is 265 g/mol. The fourth-order valence-electron chi connectivity index (χ4n) is 2.42. The Balaban J connectivity index is 2.19. The van der Waals surface area contributed by atoms with E-state index in [0.717, 1.165) is 45.0 Å². The quantitative estimate of drug-likeness (QED) is 0.894. The number of aromatic nitrogens is 1. The van der Waals surface area contributed by atoms with E-state index in [-0.39, 0.29) is 5.91 Å². The maximum absolute atomic E-state index is 13.3. The van der Waals surface area contributed by atoms with E-state index in [9.17, 15) is 9.18 Å². The highest BCUT2D eigenvalue weighted by Crippen LogP contribution is 2.18. The van der Waals surface area contributed by atoms with Gasteiger partial charge in [0.05, 0.1) is 11.8 Å². The number of pyridine rings is 1. The monoisotopic (exact) mass is 265 g/mol. The molecule has 19 heavy (non-hydrogen) atoms. The maximum Gasteiger partial charge on any atom is 0.257 e. The van der Waals surface area contributed by atoms with Crippen LogP contribution in [0.1, 0.15) is 42.5 Å². The molecule has 1 aromatic rings. The molecule has 4 nitrogen and oxygen atoms in total. The summed E-state index contributed by atoms with van der Waals surface area (Å²) >= 11 is 0. The molecule has 1 aliphatic heterocycles. The number of nitrogens with zero attached hydrogens (tertiary/aromatic N) is 2. The van der Waals surface area contributed by atoms with Gasteiger partial charge in [-0.15, -0.1) is 0 Å². The van der Waals surface area contributed by atoms with E-state index < -0.39 is 5.82 Å². The lowest BCUT2D eigenvalue weighted by Gasteiger charge is -2.25. The molecule has 0 unspecified atom stereocenters. The lowest BCUT2D eigenvalue weighted by molar-refractivity contribution is 0.0742. The van der Waals surface area contributed by atoms with Crippen LogP contribution in [0.2, 0.25) is 0 Å². The van der Waals surface area contributed by atoms with E-state index in [4.69, 9.17) is 0 Å². The van der Waals surface area contributed by atoms with Crippen LogP contribution in [0, 0.1) is 5.82 Å². The molecular weight excluding hydrogens is 245 g/mol. The number of hydrogen-bond donors (Lipinski definition) is 1. The molecule has 1 amide bonds. The summed E-state index contributed by atoms with van der Waals surface area (Å²) in [5.41, 5.74) is 0.322. The average Bonchev–Trinajstić information content (AvgIpc) is 2.37. The van der Waals surface area contributed by atoms with E-state index >= 15 is 0 Å². The first-order valence-electron chi connectivity index (χ1n) is 6.85. The Morgan fingerprint density at radius 2 is 1.89 bits per heavy atom. The highest BCUT2D eigenvalue weighted by Gasteiger charge is 2.20. The standard InChI is InChI=1S/C14H20FN3O/c1-16-13-12(9-11(15)10-17-13)14(19)18-7-5-3-2-4-6-8-18/h9-10H,2-8H2,1H3,(H,16,17). The third kappa shape index (κ3) is 3.43.